The van der Waals surface area contributed by atoms with Crippen molar-refractivity contribution in [2.45, 2.75) is 49.7 Å². The standard InChI is InChI=1S/C32H35N3O5/c1-35(19-22-10-3-2-4-11-22)32(16-9-17-32)21-33-30(38)28(18-29(36)37)34-31(39)40-20-27-25-14-7-5-12-23(25)24-13-6-8-15-26(24)27/h2-8,10-15,27-28H,9,16-21H2,1H3,(H,33,38)(H,34,39)(H,36,37). The quantitative estimate of drug-likeness (QED) is 0.329. The summed E-state index contributed by atoms with van der Waals surface area (Å²) in [7, 11) is 2.04. The molecule has 0 heterocycles. The van der Waals surface area contributed by atoms with Crippen molar-refractivity contribution < 1.29 is 24.2 Å². The van der Waals surface area contributed by atoms with E-state index in [1.165, 1.54) is 5.56 Å². The van der Waals surface area contributed by atoms with Gasteiger partial charge in [0.15, 0.2) is 0 Å². The van der Waals surface area contributed by atoms with E-state index in [1.807, 2.05) is 73.8 Å². The minimum atomic E-state index is -1.25. The van der Waals surface area contributed by atoms with Gasteiger partial charge in [-0.15, -0.1) is 0 Å². The number of carbonyl (C=O) groups excluding carboxylic acids is 2. The lowest BCUT2D eigenvalue weighted by molar-refractivity contribution is -0.140. The lowest BCUT2D eigenvalue weighted by Crippen LogP contribution is -2.60. The van der Waals surface area contributed by atoms with Crippen LogP contribution in [0.15, 0.2) is 78.9 Å². The molecule has 208 valence electrons. The lowest BCUT2D eigenvalue weighted by Gasteiger charge is -2.49. The fourth-order valence-electron chi connectivity index (χ4n) is 5.84. The van der Waals surface area contributed by atoms with E-state index in [2.05, 4.69) is 27.7 Å². The van der Waals surface area contributed by atoms with Crippen molar-refractivity contribution in [3.63, 3.8) is 0 Å². The molecular formula is C32H35N3O5. The number of ether oxygens (including phenoxy) is 1. The molecule has 8 heteroatoms. The van der Waals surface area contributed by atoms with Crippen molar-refractivity contribution in [3.8, 4) is 11.1 Å². The molecule has 0 aromatic heterocycles. The van der Waals surface area contributed by atoms with E-state index in [9.17, 15) is 19.5 Å². The molecule has 0 saturated heterocycles. The summed E-state index contributed by atoms with van der Waals surface area (Å²) in [5.74, 6) is -1.85. The number of carboxylic acids is 1. The molecular weight excluding hydrogens is 506 g/mol. The topological polar surface area (TPSA) is 108 Å². The van der Waals surface area contributed by atoms with Crippen molar-refractivity contribution in [1.82, 2.24) is 15.5 Å². The Bertz CT molecular complexity index is 1330. The first-order valence-electron chi connectivity index (χ1n) is 13.7. The highest BCUT2D eigenvalue weighted by molar-refractivity contribution is 5.89. The number of fused-ring (bicyclic) bond motifs is 3. The van der Waals surface area contributed by atoms with Gasteiger partial charge in [-0.2, -0.15) is 0 Å². The first-order chi connectivity index (χ1) is 19.4. The van der Waals surface area contributed by atoms with Crippen molar-refractivity contribution in [3.05, 3.63) is 95.6 Å². The van der Waals surface area contributed by atoms with E-state index in [0.29, 0.717) is 6.54 Å². The second-order valence-corrected chi connectivity index (χ2v) is 10.8. The Morgan fingerprint density at radius 2 is 1.55 bits per heavy atom. The highest BCUT2D eigenvalue weighted by Crippen LogP contribution is 2.44. The summed E-state index contributed by atoms with van der Waals surface area (Å²) in [4.78, 5) is 39.7. The summed E-state index contributed by atoms with van der Waals surface area (Å²) >= 11 is 0. The maximum absolute atomic E-state index is 13.1. The first-order valence-corrected chi connectivity index (χ1v) is 13.7. The van der Waals surface area contributed by atoms with Crippen LogP contribution in [0.1, 0.15) is 48.3 Å². The highest BCUT2D eigenvalue weighted by Gasteiger charge is 2.41. The van der Waals surface area contributed by atoms with Gasteiger partial charge in [0.1, 0.15) is 12.6 Å². The van der Waals surface area contributed by atoms with Gasteiger partial charge < -0.3 is 20.5 Å². The summed E-state index contributed by atoms with van der Waals surface area (Å²) in [5.41, 5.74) is 5.34. The zero-order chi connectivity index (χ0) is 28.1. The van der Waals surface area contributed by atoms with Crippen LogP contribution in [0.25, 0.3) is 11.1 Å². The van der Waals surface area contributed by atoms with Gasteiger partial charge in [-0.3, -0.25) is 14.5 Å². The second-order valence-electron chi connectivity index (χ2n) is 10.8. The van der Waals surface area contributed by atoms with Crippen molar-refractivity contribution in [1.29, 1.82) is 0 Å². The number of carbonyl (C=O) groups is 3. The SMILES string of the molecule is CN(Cc1ccccc1)C1(CNC(=O)C(CC(=O)O)NC(=O)OCC2c3ccccc3-c3ccccc32)CCC1. The number of likely N-dealkylation sites (N-methyl/N-ethyl adjacent to an activating group) is 1. The van der Waals surface area contributed by atoms with Gasteiger partial charge in [-0.05, 0) is 54.1 Å². The third-order valence-electron chi connectivity index (χ3n) is 8.28. The molecule has 8 nitrogen and oxygen atoms in total. The van der Waals surface area contributed by atoms with Crippen LogP contribution in [0, 0.1) is 0 Å². The smallest absolute Gasteiger partial charge is 0.407 e. The van der Waals surface area contributed by atoms with Gasteiger partial charge in [0, 0.05) is 24.5 Å². The highest BCUT2D eigenvalue weighted by atomic mass is 16.5. The maximum Gasteiger partial charge on any atom is 0.407 e. The summed E-state index contributed by atoms with van der Waals surface area (Å²) < 4.78 is 5.55. The van der Waals surface area contributed by atoms with Gasteiger partial charge >= 0.3 is 12.1 Å². The zero-order valence-electron chi connectivity index (χ0n) is 22.6. The normalized spacial score (nSPS) is 15.8. The molecule has 5 rings (SSSR count). The minimum absolute atomic E-state index is 0.0780. The molecule has 2 amide bonds. The second kappa shape index (κ2) is 11.9. The molecule has 2 aliphatic rings. The van der Waals surface area contributed by atoms with Crippen LogP contribution in [0.2, 0.25) is 0 Å². The van der Waals surface area contributed by atoms with E-state index >= 15 is 0 Å². The Morgan fingerprint density at radius 1 is 0.950 bits per heavy atom. The molecule has 0 bridgehead atoms. The van der Waals surface area contributed by atoms with Crippen LogP contribution in [0.4, 0.5) is 4.79 Å². The van der Waals surface area contributed by atoms with Gasteiger partial charge in [0.2, 0.25) is 5.91 Å². The predicted octanol–water partition coefficient (Wildman–Crippen LogP) is 4.54. The molecule has 1 atom stereocenters. The Hall–Kier alpha value is -4.17. The molecule has 0 spiro atoms. The Morgan fingerprint density at radius 3 is 2.12 bits per heavy atom. The number of hydrogen-bond acceptors (Lipinski definition) is 5. The number of hydrogen-bond donors (Lipinski definition) is 3. The van der Waals surface area contributed by atoms with Crippen molar-refractivity contribution in [2.24, 2.45) is 0 Å². The molecule has 2 aliphatic carbocycles. The van der Waals surface area contributed by atoms with Crippen molar-refractivity contribution in [2.75, 3.05) is 20.2 Å². The third kappa shape index (κ3) is 5.87. The fourth-order valence-corrected chi connectivity index (χ4v) is 5.84. The monoisotopic (exact) mass is 541 g/mol. The summed E-state index contributed by atoms with van der Waals surface area (Å²) in [5, 5.41) is 14.8. The first kappa shape index (κ1) is 27.4. The van der Waals surface area contributed by atoms with E-state index in [0.717, 1.165) is 48.1 Å². The average Bonchev–Trinajstić information content (AvgIpc) is 3.25. The van der Waals surface area contributed by atoms with Crippen LogP contribution in [0.5, 0.6) is 0 Å². The van der Waals surface area contributed by atoms with Gasteiger partial charge in [0.05, 0.1) is 6.42 Å². The van der Waals surface area contributed by atoms with Crippen LogP contribution in [-0.4, -0.2) is 59.8 Å². The average molecular weight is 542 g/mol. The molecule has 1 unspecified atom stereocenters. The number of carboxylic acid groups (broad SMARTS) is 1. The van der Waals surface area contributed by atoms with E-state index in [4.69, 9.17) is 4.74 Å². The summed E-state index contributed by atoms with van der Waals surface area (Å²) in [6, 6.07) is 24.9. The lowest BCUT2D eigenvalue weighted by atomic mass is 9.75. The zero-order valence-corrected chi connectivity index (χ0v) is 22.6. The molecule has 3 N–H and O–H groups in total. The Kier molecular flexibility index (Phi) is 8.16. The predicted molar refractivity (Wildman–Crippen MR) is 152 cm³/mol. The minimum Gasteiger partial charge on any atom is -0.481 e. The molecule has 3 aromatic carbocycles. The van der Waals surface area contributed by atoms with Gasteiger partial charge in [-0.25, -0.2) is 4.79 Å². The number of alkyl carbamates (subject to hydrolysis) is 1. The van der Waals surface area contributed by atoms with E-state index in [1.54, 1.807) is 0 Å². The number of aliphatic carboxylic acids is 1. The largest absolute Gasteiger partial charge is 0.481 e. The van der Waals surface area contributed by atoms with Crippen molar-refractivity contribution >= 4 is 18.0 Å². The van der Waals surface area contributed by atoms with E-state index in [-0.39, 0.29) is 18.1 Å². The van der Waals surface area contributed by atoms with Crippen LogP contribution < -0.4 is 10.6 Å². The Balaban J connectivity index is 1.19. The number of nitrogens with one attached hydrogen (secondary N) is 2. The molecule has 40 heavy (non-hydrogen) atoms. The number of amides is 2. The number of nitrogens with zero attached hydrogens (tertiary/aromatic N) is 1. The van der Waals surface area contributed by atoms with Gasteiger partial charge in [0.25, 0.3) is 0 Å². The molecule has 0 aliphatic heterocycles. The molecule has 0 radical (unpaired) electrons. The molecule has 1 saturated carbocycles. The van der Waals surface area contributed by atoms with Gasteiger partial charge in [-0.1, -0.05) is 78.9 Å². The summed E-state index contributed by atoms with van der Waals surface area (Å²) in [6.45, 7) is 1.19. The fraction of sp³-hybridized carbons (Fsp3) is 0.344. The van der Waals surface area contributed by atoms with E-state index < -0.39 is 30.4 Å². The maximum atomic E-state index is 13.1. The third-order valence-corrected chi connectivity index (χ3v) is 8.28. The Labute approximate surface area is 234 Å². The summed E-state index contributed by atoms with van der Waals surface area (Å²) in [6.07, 6.45) is 1.57. The van der Waals surface area contributed by atoms with Crippen LogP contribution in [-0.2, 0) is 20.9 Å². The molecule has 3 aromatic rings. The molecule has 1 fully saturated rings. The number of rotatable bonds is 11. The number of benzene rings is 3. The van der Waals surface area contributed by atoms with Crippen LogP contribution >= 0.6 is 0 Å². The van der Waals surface area contributed by atoms with Crippen LogP contribution in [0.3, 0.4) is 0 Å².